The quantitative estimate of drug-likeness (QED) is 0.895. The summed E-state index contributed by atoms with van der Waals surface area (Å²) in [5, 5.41) is 3.99. The van der Waals surface area contributed by atoms with Gasteiger partial charge in [0.15, 0.2) is 0 Å². The Balaban J connectivity index is 2.24. The summed E-state index contributed by atoms with van der Waals surface area (Å²) >= 11 is 3.28. The third-order valence-electron chi connectivity index (χ3n) is 2.40. The van der Waals surface area contributed by atoms with Crippen LogP contribution in [0.5, 0.6) is 0 Å². The highest BCUT2D eigenvalue weighted by atomic mass is 79.9. The Morgan fingerprint density at radius 3 is 2.53 bits per heavy atom. The van der Waals surface area contributed by atoms with Crippen molar-refractivity contribution < 1.29 is 9.59 Å². The predicted octanol–water partition coefficient (Wildman–Crippen LogP) is 1.44. The van der Waals surface area contributed by atoms with Crippen LogP contribution in [0.4, 0.5) is 0 Å². The summed E-state index contributed by atoms with van der Waals surface area (Å²) < 4.78 is 0.872. The molecular weight excluding hydrogens is 312 g/mol. The average molecular weight is 323 g/mol. The number of aromatic nitrogens is 2. The van der Waals surface area contributed by atoms with Crippen molar-refractivity contribution in [3.63, 3.8) is 0 Å². The van der Waals surface area contributed by atoms with Gasteiger partial charge in [-0.05, 0) is 37.3 Å². The van der Waals surface area contributed by atoms with E-state index >= 15 is 0 Å². The van der Waals surface area contributed by atoms with Gasteiger partial charge in [0.05, 0.1) is 5.69 Å². The third-order valence-corrected chi connectivity index (χ3v) is 2.93. The molecule has 1 aromatic heterocycles. The Morgan fingerprint density at radius 2 is 1.95 bits per heavy atom. The van der Waals surface area contributed by atoms with E-state index in [4.69, 9.17) is 5.73 Å². The summed E-state index contributed by atoms with van der Waals surface area (Å²) in [7, 11) is 0. The minimum atomic E-state index is -0.656. The molecule has 6 nitrogen and oxygen atoms in total. The van der Waals surface area contributed by atoms with E-state index in [2.05, 4.69) is 26.5 Å². The van der Waals surface area contributed by atoms with Gasteiger partial charge in [-0.3, -0.25) is 9.59 Å². The van der Waals surface area contributed by atoms with Gasteiger partial charge in [0, 0.05) is 10.0 Å². The van der Waals surface area contributed by atoms with E-state index in [0.717, 1.165) is 9.26 Å². The fraction of sp³-hybridized carbons (Fsp3) is 0.0833. The van der Waals surface area contributed by atoms with Crippen LogP contribution in [0.2, 0.25) is 0 Å². The molecule has 0 bridgehead atoms. The first kappa shape index (κ1) is 13.3. The summed E-state index contributed by atoms with van der Waals surface area (Å²) in [5.41, 5.74) is 8.87. The van der Waals surface area contributed by atoms with Crippen molar-refractivity contribution in [2.75, 3.05) is 5.43 Å². The van der Waals surface area contributed by atoms with E-state index in [-0.39, 0.29) is 11.6 Å². The van der Waals surface area contributed by atoms with Crippen LogP contribution in [-0.2, 0) is 0 Å². The lowest BCUT2D eigenvalue weighted by molar-refractivity contribution is 0.0985. The van der Waals surface area contributed by atoms with E-state index in [9.17, 15) is 9.59 Å². The molecule has 0 unspecified atom stereocenters. The smallest absolute Gasteiger partial charge is 0.271 e. The van der Waals surface area contributed by atoms with Gasteiger partial charge >= 0.3 is 0 Å². The molecule has 19 heavy (non-hydrogen) atoms. The monoisotopic (exact) mass is 322 g/mol. The number of hydrogen-bond donors (Lipinski definition) is 2. The molecule has 0 fully saturated rings. The van der Waals surface area contributed by atoms with Gasteiger partial charge in [-0.25, -0.2) is 5.43 Å². The van der Waals surface area contributed by atoms with Gasteiger partial charge in [0.25, 0.3) is 11.8 Å². The molecule has 0 atom stereocenters. The molecule has 98 valence electrons. The molecule has 0 aliphatic rings. The Hall–Kier alpha value is -2.15. The van der Waals surface area contributed by atoms with E-state index in [1.165, 1.54) is 6.07 Å². The second-order valence-electron chi connectivity index (χ2n) is 3.89. The molecule has 0 aliphatic heterocycles. The van der Waals surface area contributed by atoms with E-state index in [1.807, 2.05) is 0 Å². The first-order valence-electron chi connectivity index (χ1n) is 5.41. The van der Waals surface area contributed by atoms with Crippen LogP contribution in [0.15, 0.2) is 34.8 Å². The van der Waals surface area contributed by atoms with Crippen LogP contribution < -0.4 is 11.2 Å². The van der Waals surface area contributed by atoms with Gasteiger partial charge in [-0.2, -0.15) is 9.89 Å². The minimum Gasteiger partial charge on any atom is -0.364 e. The SMILES string of the molecule is Cc1cc(C(N)=O)n(NC(=O)c2ccc(Br)cc2)n1. The maximum atomic E-state index is 12.0. The molecule has 2 rings (SSSR count). The van der Waals surface area contributed by atoms with Gasteiger partial charge in [0.1, 0.15) is 5.69 Å². The van der Waals surface area contributed by atoms with Crippen molar-refractivity contribution in [1.29, 1.82) is 0 Å². The highest BCUT2D eigenvalue weighted by molar-refractivity contribution is 9.10. The van der Waals surface area contributed by atoms with Gasteiger partial charge in [-0.15, -0.1) is 0 Å². The van der Waals surface area contributed by atoms with Crippen LogP contribution in [-0.4, -0.2) is 21.7 Å². The lowest BCUT2D eigenvalue weighted by Crippen LogP contribution is -2.29. The fourth-order valence-electron chi connectivity index (χ4n) is 1.52. The molecule has 3 N–H and O–H groups in total. The van der Waals surface area contributed by atoms with E-state index in [1.54, 1.807) is 31.2 Å². The molecule has 1 aromatic carbocycles. The van der Waals surface area contributed by atoms with Gasteiger partial charge in [0.2, 0.25) is 0 Å². The van der Waals surface area contributed by atoms with Crippen molar-refractivity contribution in [3.05, 3.63) is 51.8 Å². The van der Waals surface area contributed by atoms with Crippen molar-refractivity contribution in [3.8, 4) is 0 Å². The van der Waals surface area contributed by atoms with Gasteiger partial charge in [-0.1, -0.05) is 15.9 Å². The third kappa shape index (κ3) is 3.00. The first-order chi connectivity index (χ1) is 8.97. The molecule has 7 heteroatoms. The Bertz CT molecular complexity index is 634. The minimum absolute atomic E-state index is 0.128. The number of primary amides is 1. The van der Waals surface area contributed by atoms with Gasteiger partial charge < -0.3 is 5.73 Å². The zero-order valence-corrected chi connectivity index (χ0v) is 11.6. The van der Waals surface area contributed by atoms with E-state index < -0.39 is 5.91 Å². The summed E-state index contributed by atoms with van der Waals surface area (Å²) in [6.07, 6.45) is 0. The second kappa shape index (κ2) is 5.23. The molecule has 1 heterocycles. The zero-order chi connectivity index (χ0) is 14.0. The number of nitrogens with zero attached hydrogens (tertiary/aromatic N) is 2. The number of nitrogens with one attached hydrogen (secondary N) is 1. The lowest BCUT2D eigenvalue weighted by atomic mass is 10.2. The molecule has 0 spiro atoms. The summed E-state index contributed by atoms with van der Waals surface area (Å²) in [6, 6.07) is 8.31. The summed E-state index contributed by atoms with van der Waals surface area (Å²) in [5.74, 6) is -1.03. The second-order valence-corrected chi connectivity index (χ2v) is 4.81. The number of halogens is 1. The van der Waals surface area contributed by atoms with Crippen LogP contribution in [0, 0.1) is 6.92 Å². The van der Waals surface area contributed by atoms with Crippen molar-refractivity contribution in [2.24, 2.45) is 5.73 Å². The molecular formula is C12H11BrN4O2. The van der Waals surface area contributed by atoms with E-state index in [0.29, 0.717) is 11.3 Å². The number of rotatable bonds is 3. The van der Waals surface area contributed by atoms with Crippen LogP contribution in [0.1, 0.15) is 26.5 Å². The number of amides is 2. The maximum absolute atomic E-state index is 12.0. The van der Waals surface area contributed by atoms with Crippen LogP contribution in [0.3, 0.4) is 0 Å². The van der Waals surface area contributed by atoms with Crippen molar-refractivity contribution >= 4 is 27.7 Å². The number of benzene rings is 1. The van der Waals surface area contributed by atoms with Crippen LogP contribution in [0.25, 0.3) is 0 Å². The molecule has 0 saturated heterocycles. The zero-order valence-electron chi connectivity index (χ0n) is 10.1. The highest BCUT2D eigenvalue weighted by Gasteiger charge is 2.13. The lowest BCUT2D eigenvalue weighted by Gasteiger charge is -2.07. The fourth-order valence-corrected chi connectivity index (χ4v) is 1.79. The molecule has 2 amide bonds. The molecule has 0 saturated carbocycles. The Labute approximate surface area is 117 Å². The number of carbonyl (C=O) groups excluding carboxylic acids is 2. The molecule has 2 aromatic rings. The number of hydrogen-bond acceptors (Lipinski definition) is 3. The first-order valence-corrected chi connectivity index (χ1v) is 6.20. The van der Waals surface area contributed by atoms with Crippen LogP contribution >= 0.6 is 15.9 Å². The normalized spacial score (nSPS) is 10.2. The predicted molar refractivity (Wildman–Crippen MR) is 73.3 cm³/mol. The Kier molecular flexibility index (Phi) is 3.66. The average Bonchev–Trinajstić information content (AvgIpc) is 2.71. The maximum Gasteiger partial charge on any atom is 0.271 e. The number of aryl methyl sites for hydroxylation is 1. The van der Waals surface area contributed by atoms with Crippen molar-refractivity contribution in [2.45, 2.75) is 6.92 Å². The topological polar surface area (TPSA) is 90.0 Å². The van der Waals surface area contributed by atoms with Crippen molar-refractivity contribution in [1.82, 2.24) is 9.89 Å². The number of nitrogens with two attached hydrogens (primary N) is 1. The largest absolute Gasteiger partial charge is 0.364 e. The summed E-state index contributed by atoms with van der Waals surface area (Å²) in [6.45, 7) is 1.70. The molecule has 0 aliphatic carbocycles. The number of carbonyl (C=O) groups is 2. The highest BCUT2D eigenvalue weighted by Crippen LogP contribution is 2.11. The standard InChI is InChI=1S/C12H11BrN4O2/c1-7-6-10(11(14)18)17(15-7)16-12(19)8-2-4-9(13)5-3-8/h2-6H,1H3,(H2,14,18)(H,16,19). The summed E-state index contributed by atoms with van der Waals surface area (Å²) in [4.78, 5) is 24.3. The molecule has 0 radical (unpaired) electrons. The Morgan fingerprint density at radius 1 is 1.32 bits per heavy atom.